The summed E-state index contributed by atoms with van der Waals surface area (Å²) in [6.45, 7) is 4.68. The van der Waals surface area contributed by atoms with E-state index in [0.717, 1.165) is 38.9 Å². The smallest absolute Gasteiger partial charge is 0.161 e. The second-order valence-corrected chi connectivity index (χ2v) is 15.7. The maximum atomic E-state index is 5.50. The van der Waals surface area contributed by atoms with E-state index >= 15 is 0 Å². The van der Waals surface area contributed by atoms with Crippen molar-refractivity contribution in [2.75, 3.05) is 0 Å². The van der Waals surface area contributed by atoms with Gasteiger partial charge in [-0.1, -0.05) is 190 Å². The van der Waals surface area contributed by atoms with Gasteiger partial charge in [-0.2, -0.15) is 0 Å². The normalized spacial score (nSPS) is 12.9. The first-order valence-electron chi connectivity index (χ1n) is 19.7. The maximum Gasteiger partial charge on any atom is 0.161 e. The zero-order valence-corrected chi connectivity index (χ0v) is 31.9. The van der Waals surface area contributed by atoms with Crippen LogP contribution in [0.2, 0.25) is 0 Å². The molecule has 1 aliphatic carbocycles. The SMILES string of the molecule is CC1(C)c2ccccc2-c2c(-c3cccc(-c4cc(-c5ccc(-c6ccccc6)cc5)nc(-c5c6ccccc6cc6c5ccc5ccccc56)n4)c3)cccc21. The highest BCUT2D eigenvalue weighted by Crippen LogP contribution is 2.52. The van der Waals surface area contributed by atoms with Crippen LogP contribution in [0.3, 0.4) is 0 Å². The predicted octanol–water partition coefficient (Wildman–Crippen LogP) is 14.6. The fourth-order valence-corrected chi connectivity index (χ4v) is 9.22. The molecular weight excluding hydrogens is 689 g/mol. The topological polar surface area (TPSA) is 25.8 Å². The zero-order chi connectivity index (χ0) is 38.1. The van der Waals surface area contributed by atoms with Crippen molar-refractivity contribution in [3.05, 3.63) is 205 Å². The number of nitrogens with zero attached hydrogens (tertiary/aromatic N) is 2. The molecule has 0 atom stereocenters. The quantitative estimate of drug-likeness (QED) is 0.130. The summed E-state index contributed by atoms with van der Waals surface area (Å²) in [6.07, 6.45) is 0. The van der Waals surface area contributed by atoms with E-state index in [9.17, 15) is 0 Å². The summed E-state index contributed by atoms with van der Waals surface area (Å²) in [4.78, 5) is 10.9. The Hall–Kier alpha value is -7.16. The Bertz CT molecular complexity index is 3190. The van der Waals surface area contributed by atoms with Crippen LogP contribution >= 0.6 is 0 Å². The Morgan fingerprint density at radius 2 is 0.930 bits per heavy atom. The molecule has 9 aromatic carbocycles. The van der Waals surface area contributed by atoms with E-state index in [-0.39, 0.29) is 5.41 Å². The number of hydrogen-bond donors (Lipinski definition) is 0. The highest BCUT2D eigenvalue weighted by Gasteiger charge is 2.36. The molecule has 1 heterocycles. The van der Waals surface area contributed by atoms with Gasteiger partial charge in [-0.25, -0.2) is 9.97 Å². The van der Waals surface area contributed by atoms with Crippen LogP contribution in [-0.2, 0) is 5.41 Å². The van der Waals surface area contributed by atoms with Crippen LogP contribution in [0.4, 0.5) is 0 Å². The van der Waals surface area contributed by atoms with E-state index in [1.807, 2.05) is 0 Å². The fraction of sp³-hybridized carbons (Fsp3) is 0.0545. The second kappa shape index (κ2) is 13.0. The van der Waals surface area contributed by atoms with E-state index in [0.29, 0.717) is 5.82 Å². The van der Waals surface area contributed by atoms with Crippen LogP contribution in [0.25, 0.3) is 99.6 Å². The zero-order valence-electron chi connectivity index (χ0n) is 31.9. The molecule has 0 amide bonds. The van der Waals surface area contributed by atoms with Crippen LogP contribution in [0.1, 0.15) is 25.0 Å². The predicted molar refractivity (Wildman–Crippen MR) is 239 cm³/mol. The van der Waals surface area contributed by atoms with Gasteiger partial charge in [0.05, 0.1) is 11.4 Å². The summed E-state index contributed by atoms with van der Waals surface area (Å²) >= 11 is 0. The Balaban J connectivity index is 1.14. The molecule has 0 aliphatic heterocycles. The average Bonchev–Trinajstić information content (AvgIpc) is 3.51. The summed E-state index contributed by atoms with van der Waals surface area (Å²) < 4.78 is 0. The molecule has 0 radical (unpaired) electrons. The van der Waals surface area contributed by atoms with E-state index in [1.165, 1.54) is 66.1 Å². The lowest BCUT2D eigenvalue weighted by atomic mass is 9.82. The summed E-state index contributed by atoms with van der Waals surface area (Å²) in [5, 5.41) is 7.09. The molecule has 0 saturated carbocycles. The summed E-state index contributed by atoms with van der Waals surface area (Å²) in [6, 6.07) is 70.1. The third-order valence-electron chi connectivity index (χ3n) is 12.1. The van der Waals surface area contributed by atoms with Gasteiger partial charge < -0.3 is 0 Å². The lowest BCUT2D eigenvalue weighted by Crippen LogP contribution is -2.14. The second-order valence-electron chi connectivity index (χ2n) is 15.7. The Morgan fingerprint density at radius 3 is 1.77 bits per heavy atom. The molecule has 57 heavy (non-hydrogen) atoms. The molecule has 11 rings (SSSR count). The van der Waals surface area contributed by atoms with Gasteiger partial charge in [-0.05, 0) is 95.0 Å². The molecule has 0 fully saturated rings. The fourth-order valence-electron chi connectivity index (χ4n) is 9.22. The van der Waals surface area contributed by atoms with Crippen molar-refractivity contribution in [1.82, 2.24) is 9.97 Å². The van der Waals surface area contributed by atoms with Crippen molar-refractivity contribution in [1.29, 1.82) is 0 Å². The van der Waals surface area contributed by atoms with Gasteiger partial charge in [0.1, 0.15) is 0 Å². The van der Waals surface area contributed by atoms with Crippen LogP contribution in [0.5, 0.6) is 0 Å². The van der Waals surface area contributed by atoms with Crippen LogP contribution in [0, 0.1) is 0 Å². The van der Waals surface area contributed by atoms with Gasteiger partial charge in [-0.15, -0.1) is 0 Å². The van der Waals surface area contributed by atoms with Crippen LogP contribution < -0.4 is 0 Å². The highest BCUT2D eigenvalue weighted by molar-refractivity contribution is 6.19. The number of hydrogen-bond acceptors (Lipinski definition) is 2. The van der Waals surface area contributed by atoms with Gasteiger partial charge in [-0.3, -0.25) is 0 Å². The molecule has 0 unspecified atom stereocenters. The molecule has 2 nitrogen and oxygen atoms in total. The highest BCUT2D eigenvalue weighted by atomic mass is 14.9. The molecule has 0 N–H and O–H groups in total. The Morgan fingerprint density at radius 1 is 0.333 bits per heavy atom. The van der Waals surface area contributed by atoms with E-state index in [4.69, 9.17) is 9.97 Å². The first kappa shape index (κ1) is 33.2. The molecule has 1 aromatic heterocycles. The van der Waals surface area contributed by atoms with Crippen molar-refractivity contribution in [2.24, 2.45) is 0 Å². The number of aromatic nitrogens is 2. The summed E-state index contributed by atoms with van der Waals surface area (Å²) in [5.41, 5.74) is 15.0. The van der Waals surface area contributed by atoms with Gasteiger partial charge in [0.2, 0.25) is 0 Å². The standard InChI is InChI=1S/C55H38N2/c1-55(2)48-24-11-10-22-46(48)52-43(23-13-25-49(52)55)39-18-12-19-41(32-39)51-34-50(38-28-26-36(27-29-38)35-14-4-3-5-15-35)56-54(57-51)53-44-21-9-7-17-40(44)33-47-42-20-8-6-16-37(42)30-31-45(47)53/h3-34H,1-2H3. The largest absolute Gasteiger partial charge is 0.228 e. The van der Waals surface area contributed by atoms with Crippen molar-refractivity contribution in [3.8, 4) is 67.3 Å². The lowest BCUT2D eigenvalue weighted by Gasteiger charge is -2.21. The first-order valence-corrected chi connectivity index (χ1v) is 19.7. The summed E-state index contributed by atoms with van der Waals surface area (Å²) in [5.74, 6) is 0.716. The van der Waals surface area contributed by atoms with Gasteiger partial charge in [0.25, 0.3) is 0 Å². The Labute approximate surface area is 332 Å². The average molecular weight is 727 g/mol. The van der Waals surface area contributed by atoms with Crippen LogP contribution in [-0.4, -0.2) is 9.97 Å². The lowest BCUT2D eigenvalue weighted by molar-refractivity contribution is 0.660. The van der Waals surface area contributed by atoms with Crippen molar-refractivity contribution >= 4 is 32.3 Å². The molecule has 0 saturated heterocycles. The Kier molecular flexibility index (Phi) is 7.55. The minimum Gasteiger partial charge on any atom is -0.228 e. The molecule has 268 valence electrons. The molecule has 2 heteroatoms. The van der Waals surface area contributed by atoms with Crippen molar-refractivity contribution in [3.63, 3.8) is 0 Å². The third-order valence-corrected chi connectivity index (χ3v) is 12.1. The van der Waals surface area contributed by atoms with E-state index in [1.54, 1.807) is 0 Å². The first-order chi connectivity index (χ1) is 28.0. The summed E-state index contributed by atoms with van der Waals surface area (Å²) in [7, 11) is 0. The van der Waals surface area contributed by atoms with E-state index in [2.05, 4.69) is 208 Å². The minimum absolute atomic E-state index is 0.0708. The van der Waals surface area contributed by atoms with Crippen LogP contribution in [0.15, 0.2) is 194 Å². The molecule has 0 bridgehead atoms. The molecule has 10 aromatic rings. The van der Waals surface area contributed by atoms with Gasteiger partial charge >= 0.3 is 0 Å². The molecule has 0 spiro atoms. The molecular formula is C55H38N2. The number of rotatable bonds is 5. The monoisotopic (exact) mass is 726 g/mol. The number of fused-ring (bicyclic) bond motifs is 7. The number of benzene rings is 9. The van der Waals surface area contributed by atoms with Gasteiger partial charge in [0.15, 0.2) is 5.82 Å². The van der Waals surface area contributed by atoms with Crippen molar-refractivity contribution in [2.45, 2.75) is 19.3 Å². The van der Waals surface area contributed by atoms with Crippen molar-refractivity contribution < 1.29 is 0 Å². The van der Waals surface area contributed by atoms with E-state index < -0.39 is 0 Å². The minimum atomic E-state index is -0.0708. The maximum absolute atomic E-state index is 5.50. The molecule has 1 aliphatic rings. The third kappa shape index (κ3) is 5.40. The van der Waals surface area contributed by atoms with Gasteiger partial charge in [0, 0.05) is 22.1 Å².